The maximum atomic E-state index is 13.3. The summed E-state index contributed by atoms with van der Waals surface area (Å²) in [6.45, 7) is 0.829. The van der Waals surface area contributed by atoms with Crippen molar-refractivity contribution in [1.82, 2.24) is 5.16 Å². The van der Waals surface area contributed by atoms with Crippen LogP contribution in [0.1, 0.15) is 12.5 Å². The summed E-state index contributed by atoms with van der Waals surface area (Å²) >= 11 is 0. The molecule has 0 bridgehead atoms. The molecule has 0 atom stereocenters. The Morgan fingerprint density at radius 3 is 2.56 bits per heavy atom. The van der Waals surface area contributed by atoms with Crippen LogP contribution in [-0.2, 0) is 5.92 Å². The molecule has 1 heterocycles. The summed E-state index contributed by atoms with van der Waals surface area (Å²) in [5, 5.41) is 3.69. The van der Waals surface area contributed by atoms with E-state index in [4.69, 9.17) is 15.0 Å². The highest BCUT2D eigenvalue weighted by molar-refractivity contribution is 5.69. The standard InChI is InChI=1S/C12H12F2N2O2/c1-12(13,14)7-3-4-10(17-2)8(5-7)9-6-11(15)18-16-9/h3-6H,15H2,1-2H3. The van der Waals surface area contributed by atoms with Crippen molar-refractivity contribution < 1.29 is 18.0 Å². The Kier molecular flexibility index (Phi) is 2.94. The molecule has 0 aliphatic carbocycles. The molecular weight excluding hydrogens is 242 g/mol. The Bertz CT molecular complexity index is 561. The molecule has 2 aromatic rings. The molecule has 2 rings (SSSR count). The zero-order valence-electron chi connectivity index (χ0n) is 9.91. The van der Waals surface area contributed by atoms with Crippen LogP contribution in [0.25, 0.3) is 11.3 Å². The van der Waals surface area contributed by atoms with Gasteiger partial charge in [0.15, 0.2) is 0 Å². The predicted octanol–water partition coefficient (Wildman–Crippen LogP) is 3.04. The number of alkyl halides is 2. The van der Waals surface area contributed by atoms with Gasteiger partial charge in [-0.3, -0.25) is 0 Å². The van der Waals surface area contributed by atoms with Crippen molar-refractivity contribution in [2.24, 2.45) is 0 Å². The average Bonchev–Trinajstić information content (AvgIpc) is 2.73. The van der Waals surface area contributed by atoms with Crippen molar-refractivity contribution in [3.05, 3.63) is 29.8 Å². The Hall–Kier alpha value is -2.11. The minimum atomic E-state index is -2.93. The van der Waals surface area contributed by atoms with Crippen LogP contribution >= 0.6 is 0 Å². The van der Waals surface area contributed by atoms with E-state index in [0.29, 0.717) is 17.0 Å². The number of aromatic nitrogens is 1. The van der Waals surface area contributed by atoms with Crippen molar-refractivity contribution in [2.45, 2.75) is 12.8 Å². The van der Waals surface area contributed by atoms with Gasteiger partial charge in [0.1, 0.15) is 11.4 Å². The number of nitrogen functional groups attached to an aromatic ring is 1. The van der Waals surface area contributed by atoms with Gasteiger partial charge in [-0.25, -0.2) is 8.78 Å². The fourth-order valence-corrected chi connectivity index (χ4v) is 1.60. The molecule has 0 amide bonds. The van der Waals surface area contributed by atoms with E-state index < -0.39 is 5.92 Å². The highest BCUT2D eigenvalue weighted by Gasteiger charge is 2.26. The number of nitrogens with two attached hydrogens (primary N) is 1. The summed E-state index contributed by atoms with van der Waals surface area (Å²) in [6.07, 6.45) is 0. The molecule has 1 aromatic heterocycles. The third-order valence-corrected chi connectivity index (χ3v) is 2.51. The number of methoxy groups -OCH3 is 1. The summed E-state index contributed by atoms with van der Waals surface area (Å²) in [6, 6.07) is 5.55. The molecule has 2 N–H and O–H groups in total. The van der Waals surface area contributed by atoms with E-state index >= 15 is 0 Å². The van der Waals surface area contributed by atoms with E-state index in [1.54, 1.807) is 0 Å². The lowest BCUT2D eigenvalue weighted by Gasteiger charge is -2.13. The first kappa shape index (κ1) is 12.3. The van der Waals surface area contributed by atoms with Crippen LogP contribution < -0.4 is 10.5 Å². The van der Waals surface area contributed by atoms with E-state index in [2.05, 4.69) is 5.16 Å². The normalized spacial score (nSPS) is 11.6. The topological polar surface area (TPSA) is 61.3 Å². The second-order valence-electron chi connectivity index (χ2n) is 3.92. The molecule has 1 aromatic carbocycles. The third kappa shape index (κ3) is 2.27. The lowest BCUT2D eigenvalue weighted by Crippen LogP contribution is -2.07. The van der Waals surface area contributed by atoms with E-state index in [9.17, 15) is 8.78 Å². The molecule has 96 valence electrons. The van der Waals surface area contributed by atoms with Gasteiger partial charge in [0, 0.05) is 24.1 Å². The summed E-state index contributed by atoms with van der Waals surface area (Å²) in [7, 11) is 1.45. The van der Waals surface area contributed by atoms with Crippen molar-refractivity contribution >= 4 is 5.88 Å². The monoisotopic (exact) mass is 254 g/mol. The van der Waals surface area contributed by atoms with Crippen LogP contribution in [-0.4, -0.2) is 12.3 Å². The number of anilines is 1. The van der Waals surface area contributed by atoms with Gasteiger partial charge in [0.2, 0.25) is 5.88 Å². The van der Waals surface area contributed by atoms with Gasteiger partial charge in [-0.05, 0) is 18.2 Å². The molecule has 18 heavy (non-hydrogen) atoms. The zero-order valence-corrected chi connectivity index (χ0v) is 9.91. The third-order valence-electron chi connectivity index (χ3n) is 2.51. The maximum absolute atomic E-state index is 13.3. The van der Waals surface area contributed by atoms with E-state index in [1.165, 1.54) is 31.4 Å². The minimum absolute atomic E-state index is 0.112. The second kappa shape index (κ2) is 4.29. The first-order valence-electron chi connectivity index (χ1n) is 5.20. The summed E-state index contributed by atoms with van der Waals surface area (Å²) in [5.74, 6) is -2.40. The lowest BCUT2D eigenvalue weighted by atomic mass is 10.0. The largest absolute Gasteiger partial charge is 0.496 e. The summed E-state index contributed by atoms with van der Waals surface area (Å²) in [5.41, 5.74) is 6.06. The molecule has 0 radical (unpaired) electrons. The number of ether oxygens (including phenoxy) is 1. The van der Waals surface area contributed by atoms with E-state index in [0.717, 1.165) is 6.92 Å². The fourth-order valence-electron chi connectivity index (χ4n) is 1.60. The van der Waals surface area contributed by atoms with Crippen molar-refractivity contribution in [2.75, 3.05) is 12.8 Å². The highest BCUT2D eigenvalue weighted by Crippen LogP contribution is 2.36. The van der Waals surface area contributed by atoms with Gasteiger partial charge in [-0.1, -0.05) is 5.16 Å². The van der Waals surface area contributed by atoms with Crippen LogP contribution in [0, 0.1) is 0 Å². The Morgan fingerprint density at radius 2 is 2.06 bits per heavy atom. The summed E-state index contributed by atoms with van der Waals surface area (Å²) in [4.78, 5) is 0. The van der Waals surface area contributed by atoms with Crippen LogP contribution in [0.5, 0.6) is 5.75 Å². The molecule has 6 heteroatoms. The van der Waals surface area contributed by atoms with Gasteiger partial charge in [-0.15, -0.1) is 0 Å². The molecule has 0 saturated heterocycles. The van der Waals surface area contributed by atoms with Gasteiger partial charge < -0.3 is 15.0 Å². The number of halogens is 2. The van der Waals surface area contributed by atoms with Gasteiger partial charge >= 0.3 is 0 Å². The first-order valence-corrected chi connectivity index (χ1v) is 5.20. The molecular formula is C12H12F2N2O2. The molecule has 0 saturated carbocycles. The Balaban J connectivity index is 2.56. The maximum Gasteiger partial charge on any atom is 0.270 e. The number of rotatable bonds is 3. The van der Waals surface area contributed by atoms with Gasteiger partial charge in [0.05, 0.1) is 7.11 Å². The number of hydrogen-bond acceptors (Lipinski definition) is 4. The first-order chi connectivity index (χ1) is 8.41. The van der Waals surface area contributed by atoms with E-state index in [-0.39, 0.29) is 11.4 Å². The SMILES string of the molecule is COc1ccc(C(C)(F)F)cc1-c1cc(N)on1. The number of benzene rings is 1. The van der Waals surface area contributed by atoms with Crippen molar-refractivity contribution in [3.8, 4) is 17.0 Å². The average molecular weight is 254 g/mol. The van der Waals surface area contributed by atoms with Gasteiger partial charge in [0.25, 0.3) is 5.92 Å². The van der Waals surface area contributed by atoms with Crippen molar-refractivity contribution in [3.63, 3.8) is 0 Å². The predicted molar refractivity (Wildman–Crippen MR) is 62.5 cm³/mol. The van der Waals surface area contributed by atoms with Crippen LogP contribution in [0.4, 0.5) is 14.7 Å². The molecule has 0 aliphatic rings. The molecule has 0 unspecified atom stereocenters. The fraction of sp³-hybridized carbons (Fsp3) is 0.250. The zero-order chi connectivity index (χ0) is 13.3. The lowest BCUT2D eigenvalue weighted by molar-refractivity contribution is 0.0175. The quantitative estimate of drug-likeness (QED) is 0.914. The Labute approximate surface area is 102 Å². The van der Waals surface area contributed by atoms with E-state index in [1.807, 2.05) is 0 Å². The molecule has 0 fully saturated rings. The number of nitrogens with zero attached hydrogens (tertiary/aromatic N) is 1. The Morgan fingerprint density at radius 1 is 1.33 bits per heavy atom. The van der Waals surface area contributed by atoms with Crippen LogP contribution in [0.3, 0.4) is 0 Å². The number of hydrogen-bond donors (Lipinski definition) is 1. The summed E-state index contributed by atoms with van der Waals surface area (Å²) < 4.78 is 36.4. The van der Waals surface area contributed by atoms with Gasteiger partial charge in [-0.2, -0.15) is 0 Å². The van der Waals surface area contributed by atoms with Crippen molar-refractivity contribution in [1.29, 1.82) is 0 Å². The molecule has 4 nitrogen and oxygen atoms in total. The highest BCUT2D eigenvalue weighted by atomic mass is 19.3. The molecule has 0 aliphatic heterocycles. The smallest absolute Gasteiger partial charge is 0.270 e. The van der Waals surface area contributed by atoms with Crippen LogP contribution in [0.2, 0.25) is 0 Å². The second-order valence-corrected chi connectivity index (χ2v) is 3.92. The van der Waals surface area contributed by atoms with Crippen LogP contribution in [0.15, 0.2) is 28.8 Å². The minimum Gasteiger partial charge on any atom is -0.496 e. The molecule has 0 spiro atoms.